The monoisotopic (exact) mass is 285 g/mol. The Balaban J connectivity index is 1.51. The zero-order valence-electron chi connectivity index (χ0n) is 12.6. The molecule has 3 heteroatoms. The molecule has 0 radical (unpaired) electrons. The summed E-state index contributed by atoms with van der Waals surface area (Å²) in [6.07, 6.45) is 2.45. The maximum Gasteiger partial charge on any atom is 0.134 e. The maximum atomic E-state index is 5.91. The van der Waals surface area contributed by atoms with Crippen molar-refractivity contribution < 1.29 is 9.15 Å². The van der Waals surface area contributed by atoms with Gasteiger partial charge in [0.15, 0.2) is 0 Å². The second-order valence-electron chi connectivity index (χ2n) is 5.85. The first-order valence-corrected chi connectivity index (χ1v) is 7.75. The molecular weight excluding hydrogens is 262 g/mol. The van der Waals surface area contributed by atoms with Crippen LogP contribution in [0.15, 0.2) is 40.8 Å². The molecule has 0 bridgehead atoms. The number of nitrogens with one attached hydrogen (secondary N) is 1. The lowest BCUT2D eigenvalue weighted by molar-refractivity contribution is 0.0546. The molecule has 0 aliphatic carbocycles. The van der Waals surface area contributed by atoms with E-state index in [0.29, 0.717) is 5.92 Å². The molecule has 2 heterocycles. The van der Waals surface area contributed by atoms with Crippen molar-refractivity contribution in [2.75, 3.05) is 19.8 Å². The zero-order valence-corrected chi connectivity index (χ0v) is 12.6. The molecular formula is C18H23NO2. The van der Waals surface area contributed by atoms with Crippen LogP contribution >= 0.6 is 0 Å². The first-order chi connectivity index (χ1) is 10.3. The predicted octanol–water partition coefficient (Wildman–Crippen LogP) is 3.77. The van der Waals surface area contributed by atoms with E-state index in [1.807, 2.05) is 6.07 Å². The van der Waals surface area contributed by atoms with E-state index in [1.54, 1.807) is 0 Å². The molecule has 1 aromatic heterocycles. The van der Waals surface area contributed by atoms with E-state index < -0.39 is 0 Å². The molecule has 1 saturated heterocycles. The number of benzene rings is 1. The number of rotatable bonds is 5. The van der Waals surface area contributed by atoms with Crippen molar-refractivity contribution in [3.05, 3.63) is 47.7 Å². The normalized spacial score (nSPS) is 18.8. The molecule has 1 aliphatic rings. The van der Waals surface area contributed by atoms with Crippen molar-refractivity contribution in [1.82, 2.24) is 5.32 Å². The predicted molar refractivity (Wildman–Crippen MR) is 84.1 cm³/mol. The van der Waals surface area contributed by atoms with E-state index in [0.717, 1.165) is 43.4 Å². The van der Waals surface area contributed by atoms with Crippen LogP contribution in [0.1, 0.15) is 24.2 Å². The van der Waals surface area contributed by atoms with Crippen LogP contribution in [0.4, 0.5) is 0 Å². The minimum Gasteiger partial charge on any atom is -0.460 e. The van der Waals surface area contributed by atoms with Crippen LogP contribution in [0.2, 0.25) is 0 Å². The Morgan fingerprint density at radius 1 is 1.14 bits per heavy atom. The maximum absolute atomic E-state index is 5.91. The molecule has 0 spiro atoms. The SMILES string of the molecule is Cc1ccc(-c2ccc(CNCC3CCCOC3)o2)cc1. The van der Waals surface area contributed by atoms with Crippen LogP contribution in [-0.4, -0.2) is 19.8 Å². The number of ether oxygens (including phenoxy) is 1. The summed E-state index contributed by atoms with van der Waals surface area (Å²) in [4.78, 5) is 0. The summed E-state index contributed by atoms with van der Waals surface area (Å²) >= 11 is 0. The number of hydrogen-bond acceptors (Lipinski definition) is 3. The Kier molecular flexibility index (Phi) is 4.73. The van der Waals surface area contributed by atoms with Crippen LogP contribution in [0.25, 0.3) is 11.3 Å². The largest absolute Gasteiger partial charge is 0.460 e. The van der Waals surface area contributed by atoms with E-state index in [-0.39, 0.29) is 0 Å². The molecule has 112 valence electrons. The number of aryl methyl sites for hydroxylation is 1. The minimum atomic E-state index is 0.644. The molecule has 1 N–H and O–H groups in total. The first kappa shape index (κ1) is 14.4. The van der Waals surface area contributed by atoms with Gasteiger partial charge in [0.2, 0.25) is 0 Å². The standard InChI is InChI=1S/C18H23NO2/c1-14-4-6-16(7-5-14)18-9-8-17(21-18)12-19-11-15-3-2-10-20-13-15/h4-9,15,19H,2-3,10-13H2,1H3. The Bertz CT molecular complexity index is 553. The highest BCUT2D eigenvalue weighted by Crippen LogP contribution is 2.22. The molecule has 1 atom stereocenters. The molecule has 1 unspecified atom stereocenters. The fourth-order valence-corrected chi connectivity index (χ4v) is 2.71. The highest BCUT2D eigenvalue weighted by Gasteiger charge is 2.13. The van der Waals surface area contributed by atoms with Gasteiger partial charge in [0, 0.05) is 18.7 Å². The average Bonchev–Trinajstić information content (AvgIpc) is 2.98. The van der Waals surface area contributed by atoms with Gasteiger partial charge in [0.05, 0.1) is 13.2 Å². The minimum absolute atomic E-state index is 0.644. The third kappa shape index (κ3) is 3.96. The van der Waals surface area contributed by atoms with Crippen molar-refractivity contribution in [3.63, 3.8) is 0 Å². The second-order valence-corrected chi connectivity index (χ2v) is 5.85. The molecule has 0 amide bonds. The molecule has 1 aliphatic heterocycles. The quantitative estimate of drug-likeness (QED) is 0.908. The van der Waals surface area contributed by atoms with Gasteiger partial charge >= 0.3 is 0 Å². The molecule has 3 rings (SSSR count). The third-order valence-electron chi connectivity index (χ3n) is 3.98. The van der Waals surface area contributed by atoms with Crippen LogP contribution in [0, 0.1) is 12.8 Å². The number of hydrogen-bond donors (Lipinski definition) is 1. The van der Waals surface area contributed by atoms with E-state index in [1.165, 1.54) is 18.4 Å². The van der Waals surface area contributed by atoms with Crippen molar-refractivity contribution in [2.45, 2.75) is 26.3 Å². The lowest BCUT2D eigenvalue weighted by atomic mass is 10.0. The van der Waals surface area contributed by atoms with Gasteiger partial charge in [-0.1, -0.05) is 29.8 Å². The summed E-state index contributed by atoms with van der Waals surface area (Å²) in [6, 6.07) is 12.5. The Hall–Kier alpha value is -1.58. The second kappa shape index (κ2) is 6.92. The van der Waals surface area contributed by atoms with Crippen molar-refractivity contribution in [2.24, 2.45) is 5.92 Å². The van der Waals surface area contributed by atoms with E-state index in [2.05, 4.69) is 42.6 Å². The topological polar surface area (TPSA) is 34.4 Å². The van der Waals surface area contributed by atoms with E-state index in [9.17, 15) is 0 Å². The Morgan fingerprint density at radius 2 is 2.00 bits per heavy atom. The highest BCUT2D eigenvalue weighted by molar-refractivity contribution is 5.57. The van der Waals surface area contributed by atoms with Crippen LogP contribution in [0.5, 0.6) is 0 Å². The van der Waals surface area contributed by atoms with Crippen LogP contribution < -0.4 is 5.32 Å². The average molecular weight is 285 g/mol. The molecule has 3 nitrogen and oxygen atoms in total. The summed E-state index contributed by atoms with van der Waals surface area (Å²) in [7, 11) is 0. The molecule has 1 fully saturated rings. The van der Waals surface area contributed by atoms with Gasteiger partial charge < -0.3 is 14.5 Å². The molecule has 0 saturated carbocycles. The molecule has 21 heavy (non-hydrogen) atoms. The molecule has 2 aromatic rings. The van der Waals surface area contributed by atoms with Crippen molar-refractivity contribution >= 4 is 0 Å². The van der Waals surface area contributed by atoms with Gasteiger partial charge in [0.1, 0.15) is 11.5 Å². The van der Waals surface area contributed by atoms with Gasteiger partial charge in [-0.05, 0) is 37.8 Å². The van der Waals surface area contributed by atoms with Gasteiger partial charge in [0.25, 0.3) is 0 Å². The Morgan fingerprint density at radius 3 is 2.76 bits per heavy atom. The fraction of sp³-hybridized carbons (Fsp3) is 0.444. The summed E-state index contributed by atoms with van der Waals surface area (Å²) in [5, 5.41) is 3.47. The lowest BCUT2D eigenvalue weighted by Crippen LogP contribution is -2.28. The summed E-state index contributed by atoms with van der Waals surface area (Å²) in [5.74, 6) is 2.57. The lowest BCUT2D eigenvalue weighted by Gasteiger charge is -2.21. The first-order valence-electron chi connectivity index (χ1n) is 7.75. The zero-order chi connectivity index (χ0) is 14.5. The summed E-state index contributed by atoms with van der Waals surface area (Å²) in [6.45, 7) is 5.69. The van der Waals surface area contributed by atoms with Gasteiger partial charge in [-0.3, -0.25) is 0 Å². The third-order valence-corrected chi connectivity index (χ3v) is 3.98. The van der Waals surface area contributed by atoms with E-state index in [4.69, 9.17) is 9.15 Å². The number of furan rings is 1. The Labute approximate surface area is 126 Å². The highest BCUT2D eigenvalue weighted by atomic mass is 16.5. The van der Waals surface area contributed by atoms with Crippen molar-refractivity contribution in [3.8, 4) is 11.3 Å². The van der Waals surface area contributed by atoms with Crippen LogP contribution in [-0.2, 0) is 11.3 Å². The summed E-state index contributed by atoms with van der Waals surface area (Å²) in [5.41, 5.74) is 2.40. The van der Waals surface area contributed by atoms with Crippen LogP contribution in [0.3, 0.4) is 0 Å². The molecule has 1 aromatic carbocycles. The summed E-state index contributed by atoms with van der Waals surface area (Å²) < 4.78 is 11.4. The van der Waals surface area contributed by atoms with Gasteiger partial charge in [-0.25, -0.2) is 0 Å². The van der Waals surface area contributed by atoms with Gasteiger partial charge in [-0.2, -0.15) is 0 Å². The van der Waals surface area contributed by atoms with Crippen molar-refractivity contribution in [1.29, 1.82) is 0 Å². The van der Waals surface area contributed by atoms with E-state index >= 15 is 0 Å². The van der Waals surface area contributed by atoms with Gasteiger partial charge in [-0.15, -0.1) is 0 Å². The fourth-order valence-electron chi connectivity index (χ4n) is 2.71. The smallest absolute Gasteiger partial charge is 0.134 e.